The number of hydrogen-bond donors (Lipinski definition) is 0. The van der Waals surface area contributed by atoms with E-state index in [2.05, 4.69) is 32.1 Å². The third kappa shape index (κ3) is 14.0. The molecule has 0 unspecified atom stereocenters. The molecule has 0 heterocycles. The fourth-order valence-corrected chi connectivity index (χ4v) is 0. The van der Waals surface area contributed by atoms with E-state index in [9.17, 15) is 0 Å². The molecule has 0 saturated carbocycles. The summed E-state index contributed by atoms with van der Waals surface area (Å²) in [4.78, 5) is 0. The molecule has 0 amide bonds. The van der Waals surface area contributed by atoms with Crippen molar-refractivity contribution >= 4 is 10.1 Å². The van der Waals surface area contributed by atoms with Crippen LogP contribution in [0.2, 0.25) is 0 Å². The molecule has 0 atom stereocenters. The quantitative estimate of drug-likeness (QED) is 0.342. The molecule has 0 rings (SSSR count). The van der Waals surface area contributed by atoms with E-state index in [0.717, 1.165) is 0 Å². The van der Waals surface area contributed by atoms with Crippen LogP contribution in [0, 0.1) is 6.92 Å². The average Bonchev–Trinajstić information content (AvgIpc) is 1.50. The van der Waals surface area contributed by atoms with Gasteiger partial charge in [0.2, 0.25) is 0 Å². The zero-order valence-corrected chi connectivity index (χ0v) is 4.08. The van der Waals surface area contributed by atoms with Crippen molar-refractivity contribution in [3.05, 3.63) is 6.92 Å². The van der Waals surface area contributed by atoms with Gasteiger partial charge in [0.1, 0.15) is 0 Å². The Kier molecular flexibility index (Phi) is 101. The van der Waals surface area contributed by atoms with Crippen LogP contribution >= 0.6 is 10.1 Å². The molecule has 31 valence electrons. The molecule has 0 bridgehead atoms. The maximum absolute atomic E-state index is 4.20. The van der Waals surface area contributed by atoms with Crippen LogP contribution in [-0.4, -0.2) is 0 Å². The summed E-state index contributed by atoms with van der Waals surface area (Å²) in [6, 6.07) is 0. The standard InChI is InChI=1S/C2H5.ClH.Cu/c1-2;;/h1H2,2H3;1H;/q-1;;+2/p-1. The van der Waals surface area contributed by atoms with Gasteiger partial charge in [-0.1, -0.05) is 0 Å². The molecular weight excluding hydrogens is 123 g/mol. The summed E-state index contributed by atoms with van der Waals surface area (Å²) < 4.78 is 0. The van der Waals surface area contributed by atoms with Gasteiger partial charge >= 0.3 is 25.2 Å². The molecule has 0 aromatic rings. The molecule has 0 saturated heterocycles. The van der Waals surface area contributed by atoms with Gasteiger partial charge in [0.05, 0.1) is 0 Å². The first-order valence-electron chi connectivity index (χ1n) is 0.821. The molecule has 0 aliphatic carbocycles. The predicted octanol–water partition coefficient (Wildman–Crippen LogP) is 1.53. The summed E-state index contributed by atoms with van der Waals surface area (Å²) in [6.45, 7) is 5.00. The van der Waals surface area contributed by atoms with Gasteiger partial charge in [-0.2, -0.15) is 6.92 Å². The van der Waals surface area contributed by atoms with Crippen LogP contribution in [-0.2, 0) is 15.1 Å². The van der Waals surface area contributed by atoms with Crippen LogP contribution in [0.1, 0.15) is 6.92 Å². The Morgan fingerprint density at radius 1 is 1.50 bits per heavy atom. The maximum atomic E-state index is 4.20. The molecule has 4 heavy (non-hydrogen) atoms. The molecular formula is C2H5ClCu. The van der Waals surface area contributed by atoms with Gasteiger partial charge in [-0.3, -0.25) is 0 Å². The Morgan fingerprint density at radius 2 is 1.50 bits per heavy atom. The van der Waals surface area contributed by atoms with Crippen LogP contribution in [0.4, 0.5) is 0 Å². The second-order valence-corrected chi connectivity index (χ2v) is 0. The van der Waals surface area contributed by atoms with E-state index < -0.39 is 0 Å². The molecule has 0 spiro atoms. The van der Waals surface area contributed by atoms with E-state index in [1.165, 1.54) is 0 Å². The van der Waals surface area contributed by atoms with Crippen molar-refractivity contribution in [2.45, 2.75) is 6.92 Å². The fraction of sp³-hybridized carbons (Fsp3) is 0.500. The molecule has 0 N–H and O–H groups in total. The molecule has 0 aliphatic rings. The van der Waals surface area contributed by atoms with Crippen LogP contribution in [0.25, 0.3) is 0 Å². The van der Waals surface area contributed by atoms with Gasteiger partial charge in [-0.25, -0.2) is 0 Å². The van der Waals surface area contributed by atoms with Gasteiger partial charge in [0.15, 0.2) is 0 Å². The third-order valence-corrected chi connectivity index (χ3v) is 0. The molecule has 0 aromatic heterocycles. The molecule has 2 heteroatoms. The fourth-order valence-electron chi connectivity index (χ4n) is 0. The number of hydrogen-bond acceptors (Lipinski definition) is 0. The van der Waals surface area contributed by atoms with Crippen molar-refractivity contribution in [2.75, 3.05) is 0 Å². The molecule has 0 fully saturated rings. The topological polar surface area (TPSA) is 0 Å². The number of rotatable bonds is 0. The van der Waals surface area contributed by atoms with Crippen molar-refractivity contribution in [2.24, 2.45) is 0 Å². The molecule has 0 aliphatic heterocycles. The van der Waals surface area contributed by atoms with Crippen molar-refractivity contribution in [1.82, 2.24) is 0 Å². The number of halogens is 1. The Hall–Kier alpha value is 0.809. The van der Waals surface area contributed by atoms with Crippen LogP contribution in [0.15, 0.2) is 0 Å². The zero-order chi connectivity index (χ0) is 4.00. The molecule has 0 nitrogen and oxygen atoms in total. The predicted molar refractivity (Wildman–Crippen MR) is 16.9 cm³/mol. The van der Waals surface area contributed by atoms with Crippen LogP contribution < -0.4 is 0 Å². The van der Waals surface area contributed by atoms with Gasteiger partial charge < -0.3 is 6.92 Å². The van der Waals surface area contributed by atoms with E-state index in [1.807, 2.05) is 0 Å². The zero-order valence-electron chi connectivity index (χ0n) is 2.39. The Balaban J connectivity index is 0. The van der Waals surface area contributed by atoms with Crippen LogP contribution in [0.5, 0.6) is 0 Å². The van der Waals surface area contributed by atoms with E-state index in [0.29, 0.717) is 0 Å². The normalized spacial score (nSPS) is 3.25. The van der Waals surface area contributed by atoms with Crippen molar-refractivity contribution in [1.29, 1.82) is 0 Å². The van der Waals surface area contributed by atoms with Crippen molar-refractivity contribution in [3.63, 3.8) is 0 Å². The first-order chi connectivity index (χ1) is 2.00. The second-order valence-electron chi connectivity index (χ2n) is 0. The van der Waals surface area contributed by atoms with Crippen LogP contribution in [0.3, 0.4) is 0 Å². The van der Waals surface area contributed by atoms with Crippen molar-refractivity contribution < 1.29 is 15.1 Å². The summed E-state index contributed by atoms with van der Waals surface area (Å²) in [6.07, 6.45) is 0. The first kappa shape index (κ1) is 8.84. The van der Waals surface area contributed by atoms with E-state index in [1.54, 1.807) is 6.92 Å². The van der Waals surface area contributed by atoms with Gasteiger partial charge in [0.25, 0.3) is 0 Å². The molecule has 0 radical (unpaired) electrons. The summed E-state index contributed by atoms with van der Waals surface area (Å²) in [5, 5.41) is 0. The summed E-state index contributed by atoms with van der Waals surface area (Å²) in [7, 11) is 4.20. The first-order valence-corrected chi connectivity index (χ1v) is 2.12. The minimum absolute atomic E-state index is 1.75. The second kappa shape index (κ2) is 45.9. The van der Waals surface area contributed by atoms with E-state index >= 15 is 0 Å². The summed E-state index contributed by atoms with van der Waals surface area (Å²) in [5.74, 6) is 0. The van der Waals surface area contributed by atoms with Crippen molar-refractivity contribution in [3.8, 4) is 0 Å². The van der Waals surface area contributed by atoms with E-state index in [4.69, 9.17) is 0 Å². The minimum atomic E-state index is 1.75. The summed E-state index contributed by atoms with van der Waals surface area (Å²) in [5.41, 5.74) is 0. The Labute approximate surface area is 39.6 Å². The SMILES string of the molecule is [CH2-]C.[Cl][Cu+]. The monoisotopic (exact) mass is 127 g/mol. The van der Waals surface area contributed by atoms with Gasteiger partial charge in [-0.15, -0.1) is 0 Å². The average molecular weight is 128 g/mol. The summed E-state index contributed by atoms with van der Waals surface area (Å²) >= 11 is 3.66. The Morgan fingerprint density at radius 3 is 1.50 bits per heavy atom. The third-order valence-electron chi connectivity index (χ3n) is 0. The van der Waals surface area contributed by atoms with Gasteiger partial charge in [-0.05, 0) is 0 Å². The molecule has 0 aromatic carbocycles. The van der Waals surface area contributed by atoms with E-state index in [-0.39, 0.29) is 0 Å². The Bertz CT molecular complexity index is 6.00. The van der Waals surface area contributed by atoms with Gasteiger partial charge in [0, 0.05) is 0 Å².